The fraction of sp³-hybridized carbons (Fsp3) is 0.200. The largest absolute Gasteiger partial charge is 0.491 e. The van der Waals surface area contributed by atoms with Crippen molar-refractivity contribution in [3.05, 3.63) is 48.8 Å². The average Bonchev–Trinajstić information content (AvgIpc) is 3.15. The predicted molar refractivity (Wildman–Crippen MR) is 111 cm³/mol. The lowest BCUT2D eigenvalue weighted by atomic mass is 10.2. The third kappa shape index (κ3) is 3.88. The first kappa shape index (κ1) is 18.5. The summed E-state index contributed by atoms with van der Waals surface area (Å²) in [5.74, 6) is 3.15. The number of anilines is 3. The molecular weight excluding hydrogens is 370 g/mol. The Kier molecular flexibility index (Phi) is 5.10. The Morgan fingerprint density at radius 2 is 1.86 bits per heavy atom. The van der Waals surface area contributed by atoms with E-state index in [9.17, 15) is 0 Å². The van der Waals surface area contributed by atoms with Crippen LogP contribution in [0.25, 0.3) is 16.9 Å². The molecule has 0 saturated heterocycles. The van der Waals surface area contributed by atoms with E-state index in [2.05, 4.69) is 30.7 Å². The maximum absolute atomic E-state index is 5.33. The third-order valence-corrected chi connectivity index (χ3v) is 4.22. The van der Waals surface area contributed by atoms with Gasteiger partial charge in [0.25, 0.3) is 5.88 Å². The molecule has 0 aliphatic heterocycles. The first-order valence-electron chi connectivity index (χ1n) is 9.13. The van der Waals surface area contributed by atoms with Gasteiger partial charge in [0.15, 0.2) is 17.2 Å². The molecule has 0 amide bonds. The van der Waals surface area contributed by atoms with E-state index >= 15 is 0 Å². The van der Waals surface area contributed by atoms with Crippen molar-refractivity contribution in [2.24, 2.45) is 0 Å². The van der Waals surface area contributed by atoms with E-state index in [1.165, 1.54) is 0 Å². The maximum atomic E-state index is 5.33. The smallest absolute Gasteiger partial charge is 0.256 e. The molecule has 0 bridgehead atoms. The zero-order valence-corrected chi connectivity index (χ0v) is 16.4. The summed E-state index contributed by atoms with van der Waals surface area (Å²) in [6.07, 6.45) is 3.55. The highest BCUT2D eigenvalue weighted by atomic mass is 16.5. The van der Waals surface area contributed by atoms with E-state index < -0.39 is 0 Å². The minimum Gasteiger partial charge on any atom is -0.491 e. The van der Waals surface area contributed by atoms with Gasteiger partial charge in [-0.1, -0.05) is 6.07 Å². The summed E-state index contributed by atoms with van der Waals surface area (Å²) in [4.78, 5) is 13.5. The van der Waals surface area contributed by atoms with Crippen LogP contribution in [-0.2, 0) is 0 Å². The van der Waals surface area contributed by atoms with Crippen LogP contribution in [0.5, 0.6) is 11.6 Å². The number of pyridine rings is 2. The summed E-state index contributed by atoms with van der Waals surface area (Å²) in [6, 6.07) is 11.3. The SMILES string of the molecule is CCNc1cccc(Nc2cc3nc(-c4cnc(OC)c(OC)c4)ccn3n2)n1. The van der Waals surface area contributed by atoms with E-state index in [0.29, 0.717) is 28.9 Å². The van der Waals surface area contributed by atoms with Crippen molar-refractivity contribution in [3.8, 4) is 22.9 Å². The van der Waals surface area contributed by atoms with E-state index in [0.717, 1.165) is 23.6 Å². The van der Waals surface area contributed by atoms with Crippen molar-refractivity contribution in [2.75, 3.05) is 31.4 Å². The fourth-order valence-corrected chi connectivity index (χ4v) is 2.89. The Balaban J connectivity index is 1.62. The molecule has 0 fully saturated rings. The molecule has 148 valence electrons. The van der Waals surface area contributed by atoms with Gasteiger partial charge in [0.1, 0.15) is 11.6 Å². The second-order valence-corrected chi connectivity index (χ2v) is 6.14. The second kappa shape index (κ2) is 8.01. The number of ether oxygens (including phenoxy) is 2. The van der Waals surface area contributed by atoms with Crippen LogP contribution in [0.4, 0.5) is 17.5 Å². The highest BCUT2D eigenvalue weighted by Gasteiger charge is 2.11. The molecular formula is C20H21N7O2. The molecule has 4 rings (SSSR count). The Bertz CT molecular complexity index is 1140. The molecule has 0 aliphatic carbocycles. The van der Waals surface area contributed by atoms with Gasteiger partial charge in [-0.25, -0.2) is 19.5 Å². The number of fused-ring (bicyclic) bond motifs is 1. The molecule has 0 saturated carbocycles. The first-order valence-corrected chi connectivity index (χ1v) is 9.13. The second-order valence-electron chi connectivity index (χ2n) is 6.14. The van der Waals surface area contributed by atoms with E-state index in [1.807, 2.05) is 49.5 Å². The van der Waals surface area contributed by atoms with Gasteiger partial charge in [-0.2, -0.15) is 0 Å². The quantitative estimate of drug-likeness (QED) is 0.495. The molecule has 0 atom stereocenters. The zero-order chi connectivity index (χ0) is 20.2. The molecule has 0 aromatic carbocycles. The molecule has 2 N–H and O–H groups in total. The number of aromatic nitrogens is 5. The van der Waals surface area contributed by atoms with Gasteiger partial charge >= 0.3 is 0 Å². The monoisotopic (exact) mass is 391 g/mol. The normalized spacial score (nSPS) is 10.7. The minimum atomic E-state index is 0.431. The van der Waals surface area contributed by atoms with Crippen molar-refractivity contribution in [3.63, 3.8) is 0 Å². The maximum Gasteiger partial charge on any atom is 0.256 e. The predicted octanol–water partition coefficient (Wildman–Crippen LogP) is 3.38. The van der Waals surface area contributed by atoms with Gasteiger partial charge in [0.05, 0.1) is 19.9 Å². The van der Waals surface area contributed by atoms with Crippen LogP contribution < -0.4 is 20.1 Å². The number of hydrogen-bond acceptors (Lipinski definition) is 8. The number of nitrogens with one attached hydrogen (secondary N) is 2. The van der Waals surface area contributed by atoms with Gasteiger partial charge in [-0.3, -0.25) is 0 Å². The molecule has 4 aromatic heterocycles. The van der Waals surface area contributed by atoms with Gasteiger partial charge in [0.2, 0.25) is 0 Å². The topological polar surface area (TPSA) is 98.5 Å². The molecule has 0 unspecified atom stereocenters. The average molecular weight is 391 g/mol. The van der Waals surface area contributed by atoms with E-state index in [-0.39, 0.29) is 0 Å². The summed E-state index contributed by atoms with van der Waals surface area (Å²) in [5, 5.41) is 10.9. The highest BCUT2D eigenvalue weighted by molar-refractivity contribution is 5.65. The minimum absolute atomic E-state index is 0.431. The molecule has 4 aromatic rings. The van der Waals surface area contributed by atoms with Crippen molar-refractivity contribution < 1.29 is 9.47 Å². The molecule has 9 nitrogen and oxygen atoms in total. The molecule has 9 heteroatoms. The van der Waals surface area contributed by atoms with Crippen molar-refractivity contribution in [1.29, 1.82) is 0 Å². The molecule has 0 radical (unpaired) electrons. The van der Waals surface area contributed by atoms with Gasteiger partial charge in [0, 0.05) is 30.6 Å². The summed E-state index contributed by atoms with van der Waals surface area (Å²) >= 11 is 0. The molecule has 0 aliphatic rings. The Morgan fingerprint density at radius 3 is 2.66 bits per heavy atom. The number of nitrogens with zero attached hydrogens (tertiary/aromatic N) is 5. The number of methoxy groups -OCH3 is 2. The van der Waals surface area contributed by atoms with Crippen molar-refractivity contribution in [1.82, 2.24) is 24.6 Å². The lowest BCUT2D eigenvalue weighted by Crippen LogP contribution is -2.01. The van der Waals surface area contributed by atoms with Crippen LogP contribution in [0, 0.1) is 0 Å². The summed E-state index contributed by atoms with van der Waals surface area (Å²) in [6.45, 7) is 2.84. The van der Waals surface area contributed by atoms with Crippen LogP contribution in [0.1, 0.15) is 6.92 Å². The Labute approximate surface area is 167 Å². The summed E-state index contributed by atoms with van der Waals surface area (Å²) < 4.78 is 12.2. The Morgan fingerprint density at radius 1 is 1.00 bits per heavy atom. The van der Waals surface area contributed by atoms with Gasteiger partial charge < -0.3 is 20.1 Å². The number of rotatable bonds is 7. The van der Waals surface area contributed by atoms with Crippen LogP contribution in [0.3, 0.4) is 0 Å². The summed E-state index contributed by atoms with van der Waals surface area (Å²) in [7, 11) is 3.13. The number of hydrogen-bond donors (Lipinski definition) is 2. The highest BCUT2D eigenvalue weighted by Crippen LogP contribution is 2.29. The van der Waals surface area contributed by atoms with Crippen LogP contribution in [0.15, 0.2) is 48.8 Å². The first-order chi connectivity index (χ1) is 14.2. The van der Waals surface area contributed by atoms with Crippen molar-refractivity contribution in [2.45, 2.75) is 6.92 Å². The van der Waals surface area contributed by atoms with Crippen LogP contribution >= 0.6 is 0 Å². The summed E-state index contributed by atoms with van der Waals surface area (Å²) in [5.41, 5.74) is 2.27. The molecule has 0 spiro atoms. The van der Waals surface area contributed by atoms with Crippen molar-refractivity contribution >= 4 is 23.1 Å². The van der Waals surface area contributed by atoms with Gasteiger partial charge in [-0.15, -0.1) is 5.10 Å². The Hall–Kier alpha value is -3.88. The molecule has 29 heavy (non-hydrogen) atoms. The van der Waals surface area contributed by atoms with E-state index in [1.54, 1.807) is 24.9 Å². The fourth-order valence-electron chi connectivity index (χ4n) is 2.89. The van der Waals surface area contributed by atoms with Gasteiger partial charge in [-0.05, 0) is 31.2 Å². The van der Waals surface area contributed by atoms with Crippen LogP contribution in [-0.4, -0.2) is 45.3 Å². The molecule has 4 heterocycles. The van der Waals surface area contributed by atoms with E-state index in [4.69, 9.17) is 9.47 Å². The third-order valence-electron chi connectivity index (χ3n) is 4.22. The van der Waals surface area contributed by atoms with Crippen LogP contribution in [0.2, 0.25) is 0 Å². The lowest BCUT2D eigenvalue weighted by molar-refractivity contribution is 0.343. The standard InChI is InChI=1S/C20H21N7O2/c1-4-21-16-6-5-7-17(24-16)25-18-11-19-23-14(8-9-27(19)26-18)13-10-15(28-2)20(29-3)22-12-13/h5-12H,4H2,1-3H3,(H2,21,24,25,26). The lowest BCUT2D eigenvalue weighted by Gasteiger charge is -2.08. The zero-order valence-electron chi connectivity index (χ0n) is 16.4.